The highest BCUT2D eigenvalue weighted by molar-refractivity contribution is 5.80. The molecule has 0 amide bonds. The first-order valence-corrected chi connectivity index (χ1v) is 19.8. The zero-order valence-corrected chi connectivity index (χ0v) is 33.7. The molecule has 0 spiro atoms. The molecule has 1 heterocycles. The van der Waals surface area contributed by atoms with Crippen LogP contribution in [0.25, 0.3) is 10.4 Å². The predicted octanol–water partition coefficient (Wildman–Crippen LogP) is 9.72. The summed E-state index contributed by atoms with van der Waals surface area (Å²) in [6.07, 6.45) is 13.1. The smallest absolute Gasteiger partial charge is 0.311 e. The number of esters is 2. The van der Waals surface area contributed by atoms with Gasteiger partial charge in [-0.05, 0) is 93.4 Å². The van der Waals surface area contributed by atoms with E-state index in [4.69, 9.17) is 34.0 Å². The predicted molar refractivity (Wildman–Crippen MR) is 205 cm³/mol. The first kappa shape index (κ1) is 45.3. The molecule has 1 aliphatic rings. The molecule has 11 heteroatoms. The van der Waals surface area contributed by atoms with Crippen LogP contribution in [0.5, 0.6) is 11.5 Å². The SMILES string of the molecule is Cc1c(C)c2c(c(C)c1OC(=O)CCC(=O)OCCOCCOCCOCCN=[N+]=[N-])CCC(C)(CCC[C@H](C)CCC[C@H](C)CCCC(C)C)O2. The van der Waals surface area contributed by atoms with Crippen LogP contribution in [0.2, 0.25) is 0 Å². The Bertz CT molecular complexity index is 1270. The maximum atomic E-state index is 12.8. The average Bonchev–Trinajstić information content (AvgIpc) is 3.10. The number of benzene rings is 1. The van der Waals surface area contributed by atoms with E-state index >= 15 is 0 Å². The van der Waals surface area contributed by atoms with Crippen molar-refractivity contribution in [2.45, 2.75) is 144 Å². The minimum atomic E-state index is -0.478. The second-order valence-electron chi connectivity index (χ2n) is 15.4. The first-order valence-electron chi connectivity index (χ1n) is 19.8. The highest BCUT2D eigenvalue weighted by Gasteiger charge is 2.35. The maximum absolute atomic E-state index is 12.8. The van der Waals surface area contributed by atoms with Gasteiger partial charge in [-0.25, -0.2) is 0 Å². The summed E-state index contributed by atoms with van der Waals surface area (Å²) in [4.78, 5) is 27.7. The van der Waals surface area contributed by atoms with Crippen molar-refractivity contribution < 1.29 is 38.0 Å². The maximum Gasteiger partial charge on any atom is 0.311 e. The summed E-state index contributed by atoms with van der Waals surface area (Å²) in [5.41, 5.74) is 11.9. The number of hydrogen-bond donors (Lipinski definition) is 0. The molecule has 52 heavy (non-hydrogen) atoms. The normalized spacial score (nSPS) is 16.5. The second kappa shape index (κ2) is 25.2. The molecule has 0 N–H and O–H groups in total. The number of carbonyl (C=O) groups is 2. The minimum absolute atomic E-state index is 0.0682. The molecule has 0 radical (unpaired) electrons. The van der Waals surface area contributed by atoms with Crippen LogP contribution in [-0.2, 0) is 35.0 Å². The summed E-state index contributed by atoms with van der Waals surface area (Å²) >= 11 is 0. The zero-order valence-electron chi connectivity index (χ0n) is 33.7. The van der Waals surface area contributed by atoms with Crippen LogP contribution >= 0.6 is 0 Å². The minimum Gasteiger partial charge on any atom is -0.487 e. The highest BCUT2D eigenvalue weighted by Crippen LogP contribution is 2.45. The Labute approximate surface area is 313 Å². The Kier molecular flexibility index (Phi) is 22.0. The molecule has 0 fully saturated rings. The molecular weight excluding hydrogens is 662 g/mol. The molecule has 0 saturated heterocycles. The highest BCUT2D eigenvalue weighted by atomic mass is 16.6. The third-order valence-corrected chi connectivity index (χ3v) is 10.2. The number of carbonyl (C=O) groups excluding carboxylic acids is 2. The van der Waals surface area contributed by atoms with Gasteiger partial charge in [0.2, 0.25) is 0 Å². The van der Waals surface area contributed by atoms with E-state index in [1.54, 1.807) is 0 Å². The molecule has 1 aromatic carbocycles. The van der Waals surface area contributed by atoms with Gasteiger partial charge in [0, 0.05) is 17.0 Å². The lowest BCUT2D eigenvalue weighted by molar-refractivity contribution is -0.148. The molecule has 0 aliphatic carbocycles. The molecule has 1 aliphatic heterocycles. The van der Waals surface area contributed by atoms with Gasteiger partial charge < -0.3 is 28.4 Å². The van der Waals surface area contributed by atoms with Crippen LogP contribution < -0.4 is 9.47 Å². The number of nitrogens with zero attached hydrogens (tertiary/aromatic N) is 3. The van der Waals surface area contributed by atoms with Gasteiger partial charge in [0.15, 0.2) is 0 Å². The Hall–Kier alpha value is -2.85. The average molecular weight is 732 g/mol. The Balaban J connectivity index is 1.69. The van der Waals surface area contributed by atoms with Gasteiger partial charge in [0.25, 0.3) is 0 Å². The Morgan fingerprint density at radius 1 is 0.769 bits per heavy atom. The van der Waals surface area contributed by atoms with Crippen molar-refractivity contribution >= 4 is 11.9 Å². The van der Waals surface area contributed by atoms with E-state index < -0.39 is 11.9 Å². The molecule has 1 unspecified atom stereocenters. The lowest BCUT2D eigenvalue weighted by Crippen LogP contribution is -2.37. The van der Waals surface area contributed by atoms with Gasteiger partial charge in [0.1, 0.15) is 23.7 Å². The van der Waals surface area contributed by atoms with Crippen LogP contribution in [-0.4, -0.2) is 70.3 Å². The van der Waals surface area contributed by atoms with E-state index in [9.17, 15) is 9.59 Å². The number of hydrogen-bond acceptors (Lipinski definition) is 9. The van der Waals surface area contributed by atoms with Gasteiger partial charge in [0.05, 0.1) is 52.5 Å². The van der Waals surface area contributed by atoms with Crippen LogP contribution in [0.4, 0.5) is 0 Å². The molecule has 296 valence electrons. The molecule has 0 aromatic heterocycles. The first-order chi connectivity index (χ1) is 24.9. The number of rotatable bonds is 28. The Morgan fingerprint density at radius 2 is 1.33 bits per heavy atom. The van der Waals surface area contributed by atoms with Crippen molar-refractivity contribution in [2.75, 3.05) is 52.8 Å². The number of ether oxygens (including phenoxy) is 6. The molecule has 0 saturated carbocycles. The van der Waals surface area contributed by atoms with E-state index in [-0.39, 0.29) is 31.7 Å². The van der Waals surface area contributed by atoms with E-state index in [2.05, 4.69) is 44.6 Å². The largest absolute Gasteiger partial charge is 0.487 e. The monoisotopic (exact) mass is 732 g/mol. The molecule has 2 rings (SSSR count). The molecule has 3 atom stereocenters. The summed E-state index contributed by atoms with van der Waals surface area (Å²) < 4.78 is 33.8. The summed E-state index contributed by atoms with van der Waals surface area (Å²) in [6.45, 7) is 20.2. The fourth-order valence-corrected chi connectivity index (χ4v) is 6.76. The van der Waals surface area contributed by atoms with Crippen LogP contribution in [0, 0.1) is 38.5 Å². The third kappa shape index (κ3) is 17.8. The van der Waals surface area contributed by atoms with Crippen molar-refractivity contribution in [1.29, 1.82) is 0 Å². The summed E-state index contributed by atoms with van der Waals surface area (Å²) in [5.74, 6) is 2.95. The number of azide groups is 1. The van der Waals surface area contributed by atoms with E-state index in [1.807, 2.05) is 20.8 Å². The lowest BCUT2D eigenvalue weighted by Gasteiger charge is -2.38. The van der Waals surface area contributed by atoms with Gasteiger partial charge in [-0.2, -0.15) is 0 Å². The van der Waals surface area contributed by atoms with Crippen LogP contribution in [0.1, 0.15) is 134 Å². The van der Waals surface area contributed by atoms with E-state index in [0.29, 0.717) is 45.3 Å². The third-order valence-electron chi connectivity index (χ3n) is 10.2. The molecule has 1 aromatic rings. The van der Waals surface area contributed by atoms with Crippen molar-refractivity contribution in [1.82, 2.24) is 0 Å². The summed E-state index contributed by atoms with van der Waals surface area (Å²) in [6, 6.07) is 0. The Morgan fingerprint density at radius 3 is 1.94 bits per heavy atom. The number of fused-ring (bicyclic) bond motifs is 1. The van der Waals surface area contributed by atoms with Crippen molar-refractivity contribution in [2.24, 2.45) is 22.9 Å². The fourth-order valence-electron chi connectivity index (χ4n) is 6.76. The summed E-state index contributed by atoms with van der Waals surface area (Å²) in [7, 11) is 0. The van der Waals surface area contributed by atoms with Gasteiger partial charge in [-0.3, -0.25) is 9.59 Å². The van der Waals surface area contributed by atoms with Crippen molar-refractivity contribution in [3.8, 4) is 11.5 Å². The molecular formula is C41H69N3O8. The van der Waals surface area contributed by atoms with Crippen LogP contribution in [0.3, 0.4) is 0 Å². The van der Waals surface area contributed by atoms with E-state index in [0.717, 1.165) is 71.4 Å². The molecule has 0 bridgehead atoms. The standard InChI is InChI=1S/C41H69N3O8/c1-30(2)12-9-13-31(3)14-10-15-32(4)16-11-20-41(8)21-19-36-35(7)39(33(5)34(6)40(36)52-41)51-38(46)18-17-37(45)50-29-28-49-27-26-48-25-24-47-23-22-43-44-42/h30-32H,9-29H2,1-8H3/t31-,32-,41?/m1/s1. The van der Waals surface area contributed by atoms with Gasteiger partial charge in [-0.1, -0.05) is 77.8 Å². The zero-order chi connectivity index (χ0) is 38.4. The van der Waals surface area contributed by atoms with Crippen molar-refractivity contribution in [3.05, 3.63) is 32.7 Å². The lowest BCUT2D eigenvalue weighted by atomic mass is 9.83. The fraction of sp³-hybridized carbons (Fsp3) is 0.805. The second-order valence-corrected chi connectivity index (χ2v) is 15.4. The quantitative estimate of drug-likeness (QED) is 0.0207. The molecule has 11 nitrogen and oxygen atoms in total. The van der Waals surface area contributed by atoms with Gasteiger partial charge >= 0.3 is 11.9 Å². The summed E-state index contributed by atoms with van der Waals surface area (Å²) in [5, 5.41) is 3.38. The topological polar surface area (TPSA) is 138 Å². The van der Waals surface area contributed by atoms with Crippen LogP contribution in [0.15, 0.2) is 5.11 Å². The van der Waals surface area contributed by atoms with Crippen molar-refractivity contribution in [3.63, 3.8) is 0 Å². The van der Waals surface area contributed by atoms with E-state index in [1.165, 1.54) is 44.9 Å². The van der Waals surface area contributed by atoms with Gasteiger partial charge in [-0.15, -0.1) is 0 Å².